The van der Waals surface area contributed by atoms with Gasteiger partial charge in [0, 0.05) is 0 Å². The van der Waals surface area contributed by atoms with Gasteiger partial charge < -0.3 is 0 Å². The van der Waals surface area contributed by atoms with Gasteiger partial charge in [-0.2, -0.15) is 0 Å². The average molecular weight is 439 g/mol. The molecule has 0 fully saturated rings. The minimum absolute atomic E-state index is 0. The Bertz CT molecular complexity index is 853. The van der Waals surface area contributed by atoms with Gasteiger partial charge in [-0.15, -0.1) is 82.6 Å². The number of hydrogen-bond acceptors (Lipinski definition) is 0. The fourth-order valence-electron chi connectivity index (χ4n) is 4.42. The molecule has 0 saturated carbocycles. The first-order valence-corrected chi connectivity index (χ1v) is 12.6. The molecule has 0 unspecified atom stereocenters. The van der Waals surface area contributed by atoms with Gasteiger partial charge in [0.05, 0.1) is 0 Å². The summed E-state index contributed by atoms with van der Waals surface area (Å²) in [5.74, 6) is 2.97. The Morgan fingerprint density at radius 3 is 1.24 bits per heavy atom. The molecule has 0 bridgehead atoms. The Morgan fingerprint density at radius 2 is 0.882 bits per heavy atom. The first-order chi connectivity index (χ1) is 15.6. The second-order valence-electron chi connectivity index (χ2n) is 9.18. The first-order valence-electron chi connectivity index (χ1n) is 12.6. The molecule has 0 saturated heterocycles. The zero-order valence-corrected chi connectivity index (χ0v) is 22.6. The van der Waals surface area contributed by atoms with E-state index in [9.17, 15) is 0 Å². The minimum atomic E-state index is 0. The van der Waals surface area contributed by atoms with E-state index in [-0.39, 0.29) is 37.7 Å². The monoisotopic (exact) mass is 438 g/mol. The molecule has 3 aromatic carbocycles. The molecular weight excluding hydrogens is 398 g/mol. The first kappa shape index (κ1) is 30.6. The maximum atomic E-state index is 2.45. The minimum Gasteiger partial charge on any atom is -0.129 e. The van der Waals surface area contributed by atoms with Crippen LogP contribution in [-0.2, 0) is 0 Å². The molecule has 170 valence electrons. The molecule has 0 amide bonds. The second kappa shape index (κ2) is 16.3. The van der Waals surface area contributed by atoms with Crippen molar-refractivity contribution in [3.63, 3.8) is 0 Å². The van der Waals surface area contributed by atoms with E-state index in [1.54, 1.807) is 0 Å². The molecular formula is C32H40Li2. The third-order valence-corrected chi connectivity index (χ3v) is 6.42. The quantitative estimate of drug-likeness (QED) is 0.231. The van der Waals surface area contributed by atoms with Crippen molar-refractivity contribution in [2.75, 3.05) is 0 Å². The molecule has 0 aliphatic carbocycles. The van der Waals surface area contributed by atoms with Gasteiger partial charge in [0.1, 0.15) is 0 Å². The van der Waals surface area contributed by atoms with Crippen LogP contribution in [0.1, 0.15) is 98.6 Å². The van der Waals surface area contributed by atoms with Crippen LogP contribution in [0.4, 0.5) is 0 Å². The predicted molar refractivity (Wildman–Crippen MR) is 140 cm³/mol. The topological polar surface area (TPSA) is 0 Å². The van der Waals surface area contributed by atoms with E-state index in [0.29, 0.717) is 0 Å². The number of rotatable bonds is 12. The summed E-state index contributed by atoms with van der Waals surface area (Å²) < 4.78 is 0. The normalized spacial score (nSPS) is 10.2. The zero-order chi connectivity index (χ0) is 22.8. The van der Waals surface area contributed by atoms with Gasteiger partial charge in [-0.25, -0.2) is 0 Å². The summed E-state index contributed by atoms with van der Waals surface area (Å²) in [6, 6.07) is 27.5. The number of unbranched alkanes of at least 4 members (excludes halogenated alkanes) is 4. The average Bonchev–Trinajstić information content (AvgIpc) is 2.81. The fraction of sp³-hybridized carbons (Fsp3) is 0.375. The number of hydrogen-bond donors (Lipinski definition) is 0. The molecule has 0 heterocycles. The summed E-state index contributed by atoms with van der Waals surface area (Å²) in [7, 11) is 0. The molecule has 3 aromatic rings. The van der Waals surface area contributed by atoms with Crippen molar-refractivity contribution in [3.8, 4) is 0 Å². The van der Waals surface area contributed by atoms with Crippen LogP contribution in [0.3, 0.4) is 0 Å². The van der Waals surface area contributed by atoms with Gasteiger partial charge in [0.2, 0.25) is 0 Å². The Balaban J connectivity index is 0.00000289. The second-order valence-corrected chi connectivity index (χ2v) is 9.18. The van der Waals surface area contributed by atoms with E-state index in [1.165, 1.54) is 83.7 Å². The molecule has 0 N–H and O–H groups in total. The Morgan fingerprint density at radius 1 is 0.500 bits per heavy atom. The summed E-state index contributed by atoms with van der Waals surface area (Å²) in [6.07, 6.45) is 9.84. The number of aryl methyl sites for hydroxylation is 2. The van der Waals surface area contributed by atoms with Crippen LogP contribution in [0.5, 0.6) is 0 Å². The Kier molecular flexibility index (Phi) is 14.7. The molecule has 2 heteroatoms. The molecule has 34 heavy (non-hydrogen) atoms. The number of benzene rings is 3. The zero-order valence-electron chi connectivity index (χ0n) is 22.6. The van der Waals surface area contributed by atoms with Crippen molar-refractivity contribution >= 4 is 0 Å². The summed E-state index contributed by atoms with van der Waals surface area (Å²) in [5.41, 5.74) is 8.13. The van der Waals surface area contributed by atoms with Crippen LogP contribution in [0.15, 0.2) is 72.8 Å². The smallest absolute Gasteiger partial charge is 0.129 e. The van der Waals surface area contributed by atoms with Gasteiger partial charge in [0.15, 0.2) is 0 Å². The van der Waals surface area contributed by atoms with Crippen molar-refractivity contribution < 1.29 is 37.7 Å². The van der Waals surface area contributed by atoms with Gasteiger partial charge in [0.25, 0.3) is 0 Å². The maximum absolute atomic E-state index is 2.45. The van der Waals surface area contributed by atoms with E-state index in [1.807, 2.05) is 0 Å². The van der Waals surface area contributed by atoms with Crippen LogP contribution >= 0.6 is 0 Å². The SMILES string of the molecule is CCCCC[C-](c1ccc(C)cc1)c1cccc([C-](CCCCC)c2ccc(C)cc2)c1.[Li+].[Li+]. The summed E-state index contributed by atoms with van der Waals surface area (Å²) >= 11 is 0. The molecule has 3 rings (SSSR count). The van der Waals surface area contributed by atoms with E-state index < -0.39 is 0 Å². The summed E-state index contributed by atoms with van der Waals surface area (Å²) in [5, 5.41) is 0. The maximum Gasteiger partial charge on any atom is 1.00 e. The van der Waals surface area contributed by atoms with Gasteiger partial charge >= 0.3 is 37.7 Å². The Hall–Kier alpha value is -1.41. The van der Waals surface area contributed by atoms with Crippen LogP contribution in [-0.4, -0.2) is 0 Å². The molecule has 0 aromatic heterocycles. The van der Waals surface area contributed by atoms with Crippen LogP contribution in [0, 0.1) is 25.7 Å². The molecule has 0 atom stereocenters. The van der Waals surface area contributed by atoms with Crippen LogP contribution < -0.4 is 37.7 Å². The summed E-state index contributed by atoms with van der Waals surface area (Å²) in [4.78, 5) is 0. The third kappa shape index (κ3) is 8.99. The standard InChI is InChI=1S/C32H40.2Li/c1-5-7-9-14-31(27-20-16-25(3)17-21-27)29-12-11-13-30(24-29)32(15-10-8-6-2)28-22-18-26(4)19-23-28;;/h11-13,16-24H,5-10,14-15H2,1-4H3;;/q-2;2*+1. The van der Waals surface area contributed by atoms with Crippen LogP contribution in [0.25, 0.3) is 0 Å². The van der Waals surface area contributed by atoms with Crippen molar-refractivity contribution in [1.29, 1.82) is 0 Å². The molecule has 0 nitrogen and oxygen atoms in total. The van der Waals surface area contributed by atoms with E-state index in [4.69, 9.17) is 0 Å². The van der Waals surface area contributed by atoms with Crippen molar-refractivity contribution in [2.24, 2.45) is 0 Å². The molecule has 0 aliphatic rings. The van der Waals surface area contributed by atoms with E-state index >= 15 is 0 Å². The summed E-state index contributed by atoms with van der Waals surface area (Å²) in [6.45, 7) is 8.90. The van der Waals surface area contributed by atoms with Crippen molar-refractivity contribution in [1.82, 2.24) is 0 Å². The fourth-order valence-corrected chi connectivity index (χ4v) is 4.42. The van der Waals surface area contributed by atoms with Crippen molar-refractivity contribution in [3.05, 3.63) is 118 Å². The largest absolute Gasteiger partial charge is 1.00 e. The van der Waals surface area contributed by atoms with Crippen LogP contribution in [0.2, 0.25) is 0 Å². The molecule has 0 aliphatic heterocycles. The van der Waals surface area contributed by atoms with E-state index in [2.05, 4.69) is 100 Å². The predicted octanol–water partition coefficient (Wildman–Crippen LogP) is 3.41. The van der Waals surface area contributed by atoms with Gasteiger partial charge in [-0.05, 0) is 13.8 Å². The molecule has 0 spiro atoms. The van der Waals surface area contributed by atoms with Gasteiger partial charge in [-0.3, -0.25) is 0 Å². The Labute approximate surface area is 233 Å². The van der Waals surface area contributed by atoms with Gasteiger partial charge in [-0.1, -0.05) is 101 Å². The van der Waals surface area contributed by atoms with Crippen molar-refractivity contribution in [2.45, 2.75) is 79.1 Å². The molecule has 0 radical (unpaired) electrons. The van der Waals surface area contributed by atoms with E-state index in [0.717, 1.165) is 12.8 Å². The third-order valence-electron chi connectivity index (χ3n) is 6.42.